The number of halogens is 1. The zero-order chi connectivity index (χ0) is 10.8. The van der Waals surface area contributed by atoms with Gasteiger partial charge in [-0.1, -0.05) is 12.2 Å². The molecule has 1 aromatic heterocycles. The minimum absolute atomic E-state index is 0.388. The number of nitrogens with two attached hydrogens (primary N) is 1. The average Bonchev–Trinajstić information content (AvgIpc) is 2.69. The number of benzene rings is 1. The third-order valence-corrected chi connectivity index (χ3v) is 2.90. The van der Waals surface area contributed by atoms with Crippen molar-refractivity contribution < 1.29 is 0 Å². The highest BCUT2D eigenvalue weighted by Gasteiger charge is 2.04. The van der Waals surface area contributed by atoms with E-state index in [0.717, 1.165) is 15.7 Å². The molecule has 3 nitrogen and oxygen atoms in total. The third-order valence-electron chi connectivity index (χ3n) is 2.02. The predicted octanol–water partition coefficient (Wildman–Crippen LogP) is 2.27. The van der Waals surface area contributed by atoms with E-state index in [-0.39, 0.29) is 0 Å². The van der Waals surface area contributed by atoms with Gasteiger partial charge in [0.15, 0.2) is 0 Å². The molecule has 0 unspecified atom stereocenters. The highest BCUT2D eigenvalue weighted by atomic mass is 79.9. The van der Waals surface area contributed by atoms with Crippen LogP contribution in [0.5, 0.6) is 0 Å². The minimum Gasteiger partial charge on any atom is -0.389 e. The van der Waals surface area contributed by atoms with Crippen LogP contribution in [0.1, 0.15) is 5.56 Å². The molecule has 0 aliphatic heterocycles. The van der Waals surface area contributed by atoms with Crippen LogP contribution in [0.15, 0.2) is 41.4 Å². The Morgan fingerprint density at radius 3 is 2.80 bits per heavy atom. The number of hydrogen-bond acceptors (Lipinski definition) is 2. The van der Waals surface area contributed by atoms with E-state index in [1.54, 1.807) is 12.5 Å². The maximum absolute atomic E-state index is 5.57. The molecule has 5 heteroatoms. The van der Waals surface area contributed by atoms with Crippen LogP contribution in [0.25, 0.3) is 5.69 Å². The number of rotatable bonds is 2. The summed E-state index contributed by atoms with van der Waals surface area (Å²) in [5.74, 6) is 0. The molecule has 2 rings (SSSR count). The number of aromatic nitrogens is 2. The van der Waals surface area contributed by atoms with Crippen molar-refractivity contribution in [2.75, 3.05) is 0 Å². The van der Waals surface area contributed by atoms with Crippen molar-refractivity contribution in [2.24, 2.45) is 5.73 Å². The fourth-order valence-corrected chi connectivity index (χ4v) is 2.17. The summed E-state index contributed by atoms with van der Waals surface area (Å²) in [6, 6.07) is 5.79. The molecule has 15 heavy (non-hydrogen) atoms. The van der Waals surface area contributed by atoms with E-state index in [9.17, 15) is 0 Å². The van der Waals surface area contributed by atoms with E-state index in [4.69, 9.17) is 18.0 Å². The second kappa shape index (κ2) is 4.12. The van der Waals surface area contributed by atoms with Crippen LogP contribution < -0.4 is 5.73 Å². The fraction of sp³-hybridized carbons (Fsp3) is 0. The quantitative estimate of drug-likeness (QED) is 0.859. The summed E-state index contributed by atoms with van der Waals surface area (Å²) in [6.45, 7) is 0. The second-order valence-electron chi connectivity index (χ2n) is 3.00. The molecular weight excluding hydrogens is 274 g/mol. The van der Waals surface area contributed by atoms with Gasteiger partial charge in [-0.05, 0) is 34.1 Å². The lowest BCUT2D eigenvalue weighted by Gasteiger charge is -2.06. The van der Waals surface area contributed by atoms with Gasteiger partial charge in [0.05, 0.1) is 6.33 Å². The molecule has 0 amide bonds. The molecule has 0 saturated carbocycles. The molecule has 0 aliphatic rings. The Bertz CT molecular complexity index is 493. The molecule has 0 aliphatic carbocycles. The minimum atomic E-state index is 0.388. The summed E-state index contributed by atoms with van der Waals surface area (Å²) >= 11 is 8.35. The van der Waals surface area contributed by atoms with E-state index >= 15 is 0 Å². The van der Waals surface area contributed by atoms with E-state index in [1.807, 2.05) is 29.0 Å². The van der Waals surface area contributed by atoms with E-state index in [0.29, 0.717) is 4.99 Å². The number of imidazole rings is 1. The number of thiocarbonyl (C=S) groups is 1. The second-order valence-corrected chi connectivity index (χ2v) is 4.29. The predicted molar refractivity (Wildman–Crippen MR) is 67.2 cm³/mol. The summed E-state index contributed by atoms with van der Waals surface area (Å²) in [4.78, 5) is 4.37. The van der Waals surface area contributed by atoms with E-state index in [1.165, 1.54) is 0 Å². The van der Waals surface area contributed by atoms with Crippen molar-refractivity contribution >= 4 is 33.1 Å². The zero-order valence-corrected chi connectivity index (χ0v) is 10.1. The van der Waals surface area contributed by atoms with Gasteiger partial charge in [-0.15, -0.1) is 0 Å². The third kappa shape index (κ3) is 2.08. The lowest BCUT2D eigenvalue weighted by atomic mass is 10.2. The molecular formula is C10H8BrN3S. The first-order valence-electron chi connectivity index (χ1n) is 4.26. The Morgan fingerprint density at radius 1 is 1.47 bits per heavy atom. The van der Waals surface area contributed by atoms with Crippen LogP contribution in [0.3, 0.4) is 0 Å². The van der Waals surface area contributed by atoms with Crippen LogP contribution in [0, 0.1) is 0 Å². The molecule has 1 aromatic carbocycles. The highest BCUT2D eigenvalue weighted by molar-refractivity contribution is 9.10. The molecule has 0 fully saturated rings. The summed E-state index contributed by atoms with van der Waals surface area (Å²) < 4.78 is 2.80. The van der Waals surface area contributed by atoms with Crippen molar-refractivity contribution in [1.29, 1.82) is 0 Å². The monoisotopic (exact) mass is 281 g/mol. The largest absolute Gasteiger partial charge is 0.389 e. The van der Waals surface area contributed by atoms with Gasteiger partial charge in [-0.25, -0.2) is 4.98 Å². The van der Waals surface area contributed by atoms with Crippen LogP contribution >= 0.6 is 28.1 Å². The van der Waals surface area contributed by atoms with Crippen molar-refractivity contribution in [3.8, 4) is 5.69 Å². The van der Waals surface area contributed by atoms with Crippen LogP contribution in [0.4, 0.5) is 0 Å². The van der Waals surface area contributed by atoms with Gasteiger partial charge in [-0.2, -0.15) is 0 Å². The van der Waals surface area contributed by atoms with Crippen molar-refractivity contribution in [2.45, 2.75) is 0 Å². The molecule has 0 spiro atoms. The summed E-state index contributed by atoms with van der Waals surface area (Å²) in [6.07, 6.45) is 5.35. The molecule has 0 radical (unpaired) electrons. The van der Waals surface area contributed by atoms with Crippen molar-refractivity contribution in [3.05, 3.63) is 47.0 Å². The zero-order valence-electron chi connectivity index (χ0n) is 7.72. The Hall–Kier alpha value is -1.20. The highest BCUT2D eigenvalue weighted by Crippen LogP contribution is 2.20. The maximum Gasteiger partial charge on any atom is 0.105 e. The number of hydrogen-bond donors (Lipinski definition) is 1. The molecule has 1 heterocycles. The van der Waals surface area contributed by atoms with Crippen molar-refractivity contribution in [3.63, 3.8) is 0 Å². The SMILES string of the molecule is NC(=S)c1ccc(-n2ccnc2)cc1Br. The first kappa shape index (κ1) is 10.3. The van der Waals surface area contributed by atoms with Gasteiger partial charge in [-0.3, -0.25) is 0 Å². The Kier molecular flexibility index (Phi) is 2.83. The molecule has 0 atom stereocenters. The van der Waals surface area contributed by atoms with Gasteiger partial charge in [0.2, 0.25) is 0 Å². The summed E-state index contributed by atoms with van der Waals surface area (Å²) in [5.41, 5.74) is 7.42. The van der Waals surface area contributed by atoms with E-state index < -0.39 is 0 Å². The molecule has 2 aromatic rings. The summed E-state index contributed by atoms with van der Waals surface area (Å²) in [5, 5.41) is 0. The molecule has 76 valence electrons. The Morgan fingerprint density at radius 2 is 2.27 bits per heavy atom. The average molecular weight is 282 g/mol. The molecule has 2 N–H and O–H groups in total. The van der Waals surface area contributed by atoms with Crippen molar-refractivity contribution in [1.82, 2.24) is 9.55 Å². The van der Waals surface area contributed by atoms with Crippen LogP contribution in [0.2, 0.25) is 0 Å². The van der Waals surface area contributed by atoms with Crippen LogP contribution in [-0.2, 0) is 0 Å². The van der Waals surface area contributed by atoms with Gasteiger partial charge in [0, 0.05) is 28.1 Å². The first-order chi connectivity index (χ1) is 7.18. The lowest BCUT2D eigenvalue weighted by molar-refractivity contribution is 1.05. The van der Waals surface area contributed by atoms with E-state index in [2.05, 4.69) is 20.9 Å². The Balaban J connectivity index is 2.47. The molecule has 0 bridgehead atoms. The van der Waals surface area contributed by atoms with Gasteiger partial charge in [0.25, 0.3) is 0 Å². The topological polar surface area (TPSA) is 43.8 Å². The first-order valence-corrected chi connectivity index (χ1v) is 5.46. The Labute approximate surface area is 101 Å². The normalized spacial score (nSPS) is 10.2. The van der Waals surface area contributed by atoms with Crippen LogP contribution in [-0.4, -0.2) is 14.5 Å². The standard InChI is InChI=1S/C10H8BrN3S/c11-9-5-7(14-4-3-13-6-14)1-2-8(9)10(12)15/h1-6H,(H2,12,15). The van der Waals surface area contributed by atoms with Gasteiger partial charge < -0.3 is 10.3 Å². The number of nitrogens with zero attached hydrogens (tertiary/aromatic N) is 2. The molecule has 0 saturated heterocycles. The summed E-state index contributed by atoms with van der Waals surface area (Å²) in [7, 11) is 0. The smallest absolute Gasteiger partial charge is 0.105 e. The lowest BCUT2D eigenvalue weighted by Crippen LogP contribution is -2.10. The maximum atomic E-state index is 5.57. The van der Waals surface area contributed by atoms with Gasteiger partial charge in [0.1, 0.15) is 4.99 Å². The van der Waals surface area contributed by atoms with Gasteiger partial charge >= 0.3 is 0 Å². The fourth-order valence-electron chi connectivity index (χ4n) is 1.28.